The molecule has 0 radical (unpaired) electrons. The van der Waals surface area contributed by atoms with Gasteiger partial charge in [0.2, 0.25) is 0 Å². The molecule has 0 bridgehead atoms. The first-order chi connectivity index (χ1) is 7.90. The van der Waals surface area contributed by atoms with Crippen molar-refractivity contribution in [2.45, 2.75) is 38.4 Å². The van der Waals surface area contributed by atoms with Gasteiger partial charge in [-0.2, -0.15) is 0 Å². The predicted molar refractivity (Wildman–Crippen MR) is 65.3 cm³/mol. The Morgan fingerprint density at radius 2 is 2.25 bits per heavy atom. The SMILES string of the molecule is OCC#Cc1ccsc1COC1CCCC1. The van der Waals surface area contributed by atoms with Gasteiger partial charge in [0.15, 0.2) is 0 Å². The monoisotopic (exact) mass is 236 g/mol. The van der Waals surface area contributed by atoms with Crippen molar-refractivity contribution in [3.05, 3.63) is 21.9 Å². The van der Waals surface area contributed by atoms with E-state index in [2.05, 4.69) is 11.8 Å². The molecule has 1 heterocycles. The molecule has 1 saturated carbocycles. The van der Waals surface area contributed by atoms with Gasteiger partial charge in [0, 0.05) is 10.4 Å². The number of rotatable bonds is 3. The van der Waals surface area contributed by atoms with Gasteiger partial charge < -0.3 is 9.84 Å². The normalized spacial score (nSPS) is 16.1. The van der Waals surface area contributed by atoms with Crippen molar-refractivity contribution in [3.8, 4) is 11.8 Å². The summed E-state index contributed by atoms with van der Waals surface area (Å²) in [5.74, 6) is 5.62. The Balaban J connectivity index is 1.90. The largest absolute Gasteiger partial charge is 0.384 e. The number of hydrogen-bond donors (Lipinski definition) is 1. The molecule has 0 atom stereocenters. The highest BCUT2D eigenvalue weighted by molar-refractivity contribution is 7.10. The first-order valence-corrected chi connectivity index (χ1v) is 6.56. The zero-order chi connectivity index (χ0) is 11.2. The lowest BCUT2D eigenvalue weighted by Crippen LogP contribution is -2.06. The highest BCUT2D eigenvalue weighted by Crippen LogP contribution is 2.24. The molecular formula is C13H16O2S. The lowest BCUT2D eigenvalue weighted by atomic mass is 10.2. The number of aliphatic hydroxyl groups is 1. The van der Waals surface area contributed by atoms with E-state index in [1.165, 1.54) is 30.6 Å². The van der Waals surface area contributed by atoms with E-state index >= 15 is 0 Å². The molecule has 1 aliphatic rings. The van der Waals surface area contributed by atoms with Gasteiger partial charge in [-0.15, -0.1) is 11.3 Å². The van der Waals surface area contributed by atoms with Crippen LogP contribution in [0.5, 0.6) is 0 Å². The van der Waals surface area contributed by atoms with Crippen LogP contribution in [0, 0.1) is 11.8 Å². The molecule has 86 valence electrons. The lowest BCUT2D eigenvalue weighted by Gasteiger charge is -2.09. The van der Waals surface area contributed by atoms with Crippen LogP contribution in [-0.2, 0) is 11.3 Å². The van der Waals surface area contributed by atoms with Crippen LogP contribution < -0.4 is 0 Å². The van der Waals surface area contributed by atoms with E-state index in [9.17, 15) is 0 Å². The molecule has 16 heavy (non-hydrogen) atoms. The van der Waals surface area contributed by atoms with Crippen molar-refractivity contribution < 1.29 is 9.84 Å². The smallest absolute Gasteiger partial charge is 0.104 e. The van der Waals surface area contributed by atoms with Crippen molar-refractivity contribution in [2.24, 2.45) is 0 Å². The fourth-order valence-corrected chi connectivity index (χ4v) is 2.70. The van der Waals surface area contributed by atoms with Gasteiger partial charge in [-0.05, 0) is 24.3 Å². The van der Waals surface area contributed by atoms with E-state index in [1.54, 1.807) is 11.3 Å². The van der Waals surface area contributed by atoms with E-state index in [0.717, 1.165) is 5.56 Å². The molecule has 0 saturated heterocycles. The molecule has 0 aromatic carbocycles. The number of aliphatic hydroxyl groups excluding tert-OH is 1. The maximum Gasteiger partial charge on any atom is 0.104 e. The summed E-state index contributed by atoms with van der Waals surface area (Å²) in [5.41, 5.74) is 0.997. The van der Waals surface area contributed by atoms with Crippen LogP contribution in [-0.4, -0.2) is 17.8 Å². The average Bonchev–Trinajstić information content (AvgIpc) is 2.94. The molecule has 0 unspecified atom stereocenters. The van der Waals surface area contributed by atoms with Gasteiger partial charge in [-0.1, -0.05) is 24.7 Å². The van der Waals surface area contributed by atoms with Crippen LogP contribution in [0.2, 0.25) is 0 Å². The highest BCUT2D eigenvalue weighted by atomic mass is 32.1. The van der Waals surface area contributed by atoms with Crippen LogP contribution in [0.15, 0.2) is 11.4 Å². The summed E-state index contributed by atoms with van der Waals surface area (Å²) in [7, 11) is 0. The van der Waals surface area contributed by atoms with Gasteiger partial charge in [0.1, 0.15) is 6.61 Å². The minimum absolute atomic E-state index is 0.0846. The summed E-state index contributed by atoms with van der Waals surface area (Å²) in [4.78, 5) is 1.17. The molecule has 2 rings (SSSR count). The quantitative estimate of drug-likeness (QED) is 0.817. The van der Waals surface area contributed by atoms with E-state index < -0.39 is 0 Å². The van der Waals surface area contributed by atoms with Crippen LogP contribution in [0.3, 0.4) is 0 Å². The number of hydrogen-bond acceptors (Lipinski definition) is 3. The summed E-state index contributed by atoms with van der Waals surface area (Å²) in [6.07, 6.45) is 5.44. The molecule has 0 spiro atoms. The first-order valence-electron chi connectivity index (χ1n) is 5.68. The topological polar surface area (TPSA) is 29.5 Å². The van der Waals surface area contributed by atoms with Crippen molar-refractivity contribution in [1.29, 1.82) is 0 Å². The molecule has 1 N–H and O–H groups in total. The van der Waals surface area contributed by atoms with Gasteiger partial charge >= 0.3 is 0 Å². The van der Waals surface area contributed by atoms with E-state index in [4.69, 9.17) is 9.84 Å². The third-order valence-corrected chi connectivity index (χ3v) is 3.69. The molecule has 1 aliphatic carbocycles. The summed E-state index contributed by atoms with van der Waals surface area (Å²) in [5, 5.41) is 10.7. The number of thiophene rings is 1. The summed E-state index contributed by atoms with van der Waals surface area (Å²) < 4.78 is 5.85. The minimum atomic E-state index is -0.0846. The van der Waals surface area contributed by atoms with Crippen molar-refractivity contribution >= 4 is 11.3 Å². The van der Waals surface area contributed by atoms with Gasteiger partial charge in [0.25, 0.3) is 0 Å². The van der Waals surface area contributed by atoms with E-state index in [0.29, 0.717) is 12.7 Å². The van der Waals surface area contributed by atoms with Crippen LogP contribution >= 0.6 is 11.3 Å². The maximum absolute atomic E-state index is 8.66. The minimum Gasteiger partial charge on any atom is -0.384 e. The Labute approximate surface area is 100 Å². The van der Waals surface area contributed by atoms with Gasteiger partial charge in [-0.25, -0.2) is 0 Å². The Bertz CT molecular complexity index is 380. The van der Waals surface area contributed by atoms with Crippen LogP contribution in [0.25, 0.3) is 0 Å². The second kappa shape index (κ2) is 6.05. The standard InChI is InChI=1S/C13H16O2S/c14-8-3-4-11-7-9-16-13(11)10-15-12-5-1-2-6-12/h7,9,12,14H,1-2,5-6,8,10H2. The third-order valence-electron chi connectivity index (χ3n) is 2.80. The third kappa shape index (κ3) is 3.08. The van der Waals surface area contributed by atoms with Crippen molar-refractivity contribution in [1.82, 2.24) is 0 Å². The highest BCUT2D eigenvalue weighted by Gasteiger charge is 2.15. The molecular weight excluding hydrogens is 220 g/mol. The Morgan fingerprint density at radius 3 is 3.00 bits per heavy atom. The molecule has 0 amide bonds. The molecule has 0 aliphatic heterocycles. The maximum atomic E-state index is 8.66. The van der Waals surface area contributed by atoms with Gasteiger partial charge in [0.05, 0.1) is 12.7 Å². The molecule has 1 aromatic heterocycles. The van der Waals surface area contributed by atoms with Crippen molar-refractivity contribution in [2.75, 3.05) is 6.61 Å². The van der Waals surface area contributed by atoms with Crippen molar-refractivity contribution in [3.63, 3.8) is 0 Å². The van der Waals surface area contributed by atoms with E-state index in [1.807, 2.05) is 11.4 Å². The first kappa shape index (κ1) is 11.7. The molecule has 3 heteroatoms. The second-order valence-electron chi connectivity index (χ2n) is 3.93. The van der Waals surface area contributed by atoms with E-state index in [-0.39, 0.29) is 6.61 Å². The summed E-state index contributed by atoms with van der Waals surface area (Å²) in [6.45, 7) is 0.580. The lowest BCUT2D eigenvalue weighted by molar-refractivity contribution is 0.0472. The van der Waals surface area contributed by atoms with Crippen LogP contribution in [0.4, 0.5) is 0 Å². The Kier molecular flexibility index (Phi) is 4.41. The summed E-state index contributed by atoms with van der Waals surface area (Å²) >= 11 is 1.67. The zero-order valence-corrected chi connectivity index (χ0v) is 10.1. The summed E-state index contributed by atoms with van der Waals surface area (Å²) in [6, 6.07) is 1.99. The predicted octanol–water partition coefficient (Wildman–Crippen LogP) is 2.55. The second-order valence-corrected chi connectivity index (χ2v) is 4.94. The Hall–Kier alpha value is -0.820. The fraction of sp³-hybridized carbons (Fsp3) is 0.538. The molecule has 1 aromatic rings. The number of ether oxygens (including phenoxy) is 1. The fourth-order valence-electron chi connectivity index (χ4n) is 1.95. The average molecular weight is 236 g/mol. The molecule has 1 fully saturated rings. The Morgan fingerprint density at radius 1 is 1.44 bits per heavy atom. The van der Waals surface area contributed by atoms with Crippen LogP contribution in [0.1, 0.15) is 36.1 Å². The van der Waals surface area contributed by atoms with Gasteiger partial charge in [-0.3, -0.25) is 0 Å². The zero-order valence-electron chi connectivity index (χ0n) is 9.24. The molecule has 2 nitrogen and oxygen atoms in total.